The quantitative estimate of drug-likeness (QED) is 0.0757. The molecule has 0 aliphatic carbocycles. The number of halogens is 5. The van der Waals surface area contributed by atoms with Crippen LogP contribution in [0.2, 0.25) is 25.8 Å². The van der Waals surface area contributed by atoms with Crippen molar-refractivity contribution in [3.8, 4) is 0 Å². The number of nitrogens with zero attached hydrogens (tertiary/aromatic N) is 4. The lowest BCUT2D eigenvalue weighted by Crippen LogP contribution is -2.11. The number of nitrogens with one attached hydrogen (secondary N) is 1. The van der Waals surface area contributed by atoms with Crippen LogP contribution in [0.25, 0.3) is 0 Å². The van der Waals surface area contributed by atoms with Gasteiger partial charge in [-0.25, -0.2) is 15.0 Å². The van der Waals surface area contributed by atoms with Gasteiger partial charge in [0.25, 0.3) is 0 Å². The second-order valence-corrected chi connectivity index (χ2v) is 18.8. The van der Waals surface area contributed by atoms with Crippen molar-refractivity contribution in [1.82, 2.24) is 19.9 Å². The first-order valence-electron chi connectivity index (χ1n) is 13.8. The maximum atomic E-state index is 12.4. The lowest BCUT2D eigenvalue weighted by molar-refractivity contribution is 0.287. The molecule has 252 valence electrons. The molecule has 0 saturated carbocycles. The number of aliphatic hydroxyl groups excluding tert-OH is 1. The number of rotatable bonds is 6. The summed E-state index contributed by atoms with van der Waals surface area (Å²) in [4.78, 5) is 15.0. The number of anilines is 3. The number of unbranched alkanes of at least 4 members (excludes halogenated alkanes) is 1. The topological polar surface area (TPSA) is 144 Å². The highest BCUT2D eigenvalue weighted by Crippen LogP contribution is 2.39. The van der Waals surface area contributed by atoms with Crippen LogP contribution in [0.15, 0.2) is 48.8 Å². The summed E-state index contributed by atoms with van der Waals surface area (Å²) in [5.41, 5.74) is 9.19. The van der Waals surface area contributed by atoms with Crippen molar-refractivity contribution in [3.63, 3.8) is 0 Å². The second kappa shape index (κ2) is 19.8. The van der Waals surface area contributed by atoms with Crippen LogP contribution in [-0.4, -0.2) is 58.3 Å². The lowest BCUT2D eigenvalue weighted by Gasteiger charge is -2.16. The monoisotopic (exact) mass is 768 g/mol. The van der Waals surface area contributed by atoms with E-state index in [1.54, 1.807) is 26.7 Å². The normalized spacial score (nSPS) is 10.8. The Balaban J connectivity index is 0.000000345. The zero-order valence-corrected chi connectivity index (χ0v) is 32.2. The summed E-state index contributed by atoms with van der Waals surface area (Å²) >= 11 is 28.1. The number of benzene rings is 2. The predicted molar refractivity (Wildman–Crippen MR) is 199 cm³/mol. The first kappa shape index (κ1) is 42.1. The Morgan fingerprint density at radius 2 is 1.28 bits per heavy atom. The van der Waals surface area contributed by atoms with Crippen molar-refractivity contribution in [2.45, 2.75) is 33.6 Å². The molecule has 0 unspecified atom stereocenters. The molecule has 0 aliphatic rings. The number of hydrogen-bond donors (Lipinski definition) is 3. The minimum absolute atomic E-state index is 0.0988. The Morgan fingerprint density at radius 1 is 0.783 bits per heavy atom. The maximum Gasteiger partial charge on any atom is 0.224 e. The van der Waals surface area contributed by atoms with Crippen molar-refractivity contribution >= 4 is 100 Å². The summed E-state index contributed by atoms with van der Waals surface area (Å²) < 4.78 is 24.1. The van der Waals surface area contributed by atoms with Gasteiger partial charge in [0.05, 0.1) is 23.1 Å². The third-order valence-electron chi connectivity index (χ3n) is 5.65. The maximum absolute atomic E-state index is 12.4. The molecule has 0 radical (unpaired) electrons. The van der Waals surface area contributed by atoms with Gasteiger partial charge in [0.1, 0.15) is 19.3 Å². The molecule has 0 amide bonds. The van der Waals surface area contributed by atoms with Crippen LogP contribution in [0.4, 0.5) is 17.2 Å². The molecule has 4 aromatic rings. The van der Waals surface area contributed by atoms with Gasteiger partial charge in [0.2, 0.25) is 10.6 Å². The Hall–Kier alpha value is -1.93. The Labute approximate surface area is 296 Å². The number of aliphatic hydroxyl groups is 1. The van der Waals surface area contributed by atoms with Crippen molar-refractivity contribution in [2.24, 2.45) is 0 Å². The number of hydrogen-bond acceptors (Lipinski definition) is 9. The van der Waals surface area contributed by atoms with Gasteiger partial charge in [0, 0.05) is 22.9 Å². The molecular formula is C30H39Cl5N6O3P2. The summed E-state index contributed by atoms with van der Waals surface area (Å²) in [7, 11) is -4.64. The minimum atomic E-state index is -2.43. The van der Waals surface area contributed by atoms with E-state index in [9.17, 15) is 9.13 Å². The van der Waals surface area contributed by atoms with E-state index in [1.807, 2.05) is 50.2 Å². The van der Waals surface area contributed by atoms with E-state index in [4.69, 9.17) is 68.8 Å². The van der Waals surface area contributed by atoms with Crippen LogP contribution in [0, 0.1) is 13.8 Å². The molecule has 0 aliphatic heterocycles. The molecule has 4 rings (SSSR count). The highest BCUT2D eigenvalue weighted by molar-refractivity contribution is 7.70. The molecular weight excluding hydrogens is 732 g/mol. The Bertz CT molecular complexity index is 1680. The molecule has 0 bridgehead atoms. The average Bonchev–Trinajstić information content (AvgIpc) is 2.95. The second-order valence-electron chi connectivity index (χ2n) is 10.6. The zero-order chi connectivity index (χ0) is 35.2. The van der Waals surface area contributed by atoms with Gasteiger partial charge < -0.3 is 25.3 Å². The summed E-state index contributed by atoms with van der Waals surface area (Å²) in [6.07, 6.45) is 4.81. The Kier molecular flexibility index (Phi) is 18.1. The fraction of sp³-hybridized carbons (Fsp3) is 0.333. The van der Waals surface area contributed by atoms with E-state index in [1.165, 1.54) is 12.4 Å². The van der Waals surface area contributed by atoms with Gasteiger partial charge in [0.15, 0.2) is 11.0 Å². The first-order chi connectivity index (χ1) is 21.3. The van der Waals surface area contributed by atoms with Crippen molar-refractivity contribution in [1.29, 1.82) is 0 Å². The third kappa shape index (κ3) is 15.3. The zero-order valence-electron chi connectivity index (χ0n) is 26.7. The number of aryl methyl sites for hydroxylation is 2. The lowest BCUT2D eigenvalue weighted by atomic mass is 10.2. The van der Waals surface area contributed by atoms with Gasteiger partial charge in [-0.3, -0.25) is 0 Å². The van der Waals surface area contributed by atoms with Crippen LogP contribution < -0.4 is 21.7 Å². The van der Waals surface area contributed by atoms with Gasteiger partial charge >= 0.3 is 0 Å². The molecule has 0 atom stereocenters. The van der Waals surface area contributed by atoms with E-state index in [-0.39, 0.29) is 15.7 Å². The number of aromatic nitrogens is 4. The largest absolute Gasteiger partial charge is 0.398 e. The summed E-state index contributed by atoms with van der Waals surface area (Å²) in [5.74, 6) is 0.394. The Morgan fingerprint density at radius 3 is 1.72 bits per heavy atom. The molecule has 0 spiro atoms. The summed E-state index contributed by atoms with van der Waals surface area (Å²) in [5, 5.41) is 13.7. The van der Waals surface area contributed by atoms with Crippen molar-refractivity contribution < 1.29 is 14.2 Å². The van der Waals surface area contributed by atoms with E-state index in [0.717, 1.165) is 34.6 Å². The van der Waals surface area contributed by atoms with Crippen LogP contribution in [0.3, 0.4) is 0 Å². The number of nitrogen functional groups attached to an aromatic ring is 1. The van der Waals surface area contributed by atoms with Crippen molar-refractivity contribution in [3.05, 3.63) is 85.7 Å². The summed E-state index contributed by atoms with van der Waals surface area (Å²) in [6.45, 7) is 13.2. The molecule has 46 heavy (non-hydrogen) atoms. The highest BCUT2D eigenvalue weighted by atomic mass is 35.5. The third-order valence-corrected chi connectivity index (χ3v) is 10.0. The van der Waals surface area contributed by atoms with Crippen LogP contribution in [-0.2, 0) is 9.13 Å². The van der Waals surface area contributed by atoms with Gasteiger partial charge in [-0.15, -0.1) is 0 Å². The first-order valence-corrected chi connectivity index (χ1v) is 20.9. The molecule has 0 fully saturated rings. The summed E-state index contributed by atoms with van der Waals surface area (Å²) in [6, 6.07) is 11.3. The van der Waals surface area contributed by atoms with Gasteiger partial charge in [-0.1, -0.05) is 71.4 Å². The molecule has 0 saturated heterocycles. The fourth-order valence-corrected chi connectivity index (χ4v) is 6.46. The van der Waals surface area contributed by atoms with E-state index in [0.29, 0.717) is 33.8 Å². The molecule has 4 N–H and O–H groups in total. The minimum Gasteiger partial charge on any atom is -0.398 e. The molecule has 2 aromatic carbocycles. The molecule has 16 heteroatoms. The molecule has 2 aromatic heterocycles. The van der Waals surface area contributed by atoms with E-state index < -0.39 is 14.3 Å². The highest BCUT2D eigenvalue weighted by Gasteiger charge is 2.18. The van der Waals surface area contributed by atoms with Gasteiger partial charge in [-0.2, -0.15) is 4.98 Å². The molecule has 9 nitrogen and oxygen atoms in total. The van der Waals surface area contributed by atoms with Crippen LogP contribution >= 0.6 is 72.3 Å². The predicted octanol–water partition coefficient (Wildman–Crippen LogP) is 9.12. The van der Waals surface area contributed by atoms with Crippen molar-refractivity contribution in [2.75, 3.05) is 44.3 Å². The smallest absolute Gasteiger partial charge is 0.224 e. The van der Waals surface area contributed by atoms with Gasteiger partial charge in [-0.05, 0) is 94.4 Å². The van der Waals surface area contributed by atoms with E-state index >= 15 is 0 Å². The van der Waals surface area contributed by atoms with Crippen LogP contribution in [0.1, 0.15) is 30.9 Å². The fourth-order valence-electron chi connectivity index (χ4n) is 3.36. The number of nitrogens with two attached hydrogens (primary N) is 1. The SMILES string of the molecule is CCCCO.Cc1ccc(N)c(P(C)(C)=O)c1.Cc1ccc(Nc2nc(Cl)ncc2Cl)c(P(C)(C)=O)c1.Clc1ncc(Cl)c(Cl)n1. The standard InChI is InChI=1S/C13H14Cl2N3OP.C9H14NOP.C4HCl3N2.C4H10O/c1-8-4-5-10(11(6-8)20(2,3)19)17-12-9(14)7-16-13(15)18-12;1-7-4-5-8(10)9(6-7)12(2,3)11;5-2-1-8-4(7)9-3(2)6;1-2-3-4-5/h4-7H,1-3H3,(H,16,17,18);4-6H,10H2,1-3H3;1H;5H,2-4H2,1H3. The van der Waals surface area contributed by atoms with E-state index in [2.05, 4.69) is 32.2 Å². The van der Waals surface area contributed by atoms with Crippen LogP contribution in [0.5, 0.6) is 0 Å². The average molecular weight is 771 g/mol. The molecule has 2 heterocycles.